The van der Waals surface area contributed by atoms with Gasteiger partial charge in [0.15, 0.2) is 0 Å². The molecule has 0 spiro atoms. The van der Waals surface area contributed by atoms with Crippen molar-refractivity contribution in [3.8, 4) is 0 Å². The Morgan fingerprint density at radius 2 is 1.86 bits per heavy atom. The quantitative estimate of drug-likeness (QED) is 0.574. The lowest BCUT2D eigenvalue weighted by atomic mass is 9.96. The minimum Gasteiger partial charge on any atom is -0.481 e. The molecule has 6 heteroatoms. The molecule has 114 valence electrons. The van der Waals surface area contributed by atoms with Crippen LogP contribution in [-0.2, 0) is 10.2 Å². The SMILES string of the molecule is CNCCCNC(=O)Nc1ccc(C2(C(=O)O)CC2)cc1. The molecule has 1 aromatic rings. The summed E-state index contributed by atoms with van der Waals surface area (Å²) in [6.07, 6.45) is 2.23. The van der Waals surface area contributed by atoms with Crippen LogP contribution >= 0.6 is 0 Å². The molecule has 0 bridgehead atoms. The fourth-order valence-corrected chi connectivity index (χ4v) is 2.27. The number of amides is 2. The topological polar surface area (TPSA) is 90.5 Å². The minimum absolute atomic E-state index is 0.252. The minimum atomic E-state index is -0.773. The van der Waals surface area contributed by atoms with Crippen molar-refractivity contribution in [2.75, 3.05) is 25.5 Å². The molecule has 1 saturated carbocycles. The standard InChI is InChI=1S/C15H21N3O3/c1-16-9-2-10-17-14(21)18-12-5-3-11(4-6-12)15(7-8-15)13(19)20/h3-6,16H,2,7-10H2,1H3,(H,19,20)(H2,17,18,21). The monoisotopic (exact) mass is 291 g/mol. The van der Waals surface area contributed by atoms with Gasteiger partial charge in [0.05, 0.1) is 5.41 Å². The van der Waals surface area contributed by atoms with Crippen LogP contribution in [0.25, 0.3) is 0 Å². The van der Waals surface area contributed by atoms with Crippen LogP contribution in [0.2, 0.25) is 0 Å². The molecule has 0 saturated heterocycles. The third-order valence-corrected chi connectivity index (χ3v) is 3.74. The molecule has 6 nitrogen and oxygen atoms in total. The molecule has 21 heavy (non-hydrogen) atoms. The smallest absolute Gasteiger partial charge is 0.319 e. The molecular formula is C15H21N3O3. The molecule has 0 radical (unpaired) electrons. The first kappa shape index (κ1) is 15.3. The number of carbonyl (C=O) groups excluding carboxylic acids is 1. The van der Waals surface area contributed by atoms with Gasteiger partial charge in [0.1, 0.15) is 0 Å². The number of urea groups is 1. The van der Waals surface area contributed by atoms with Gasteiger partial charge in [-0.1, -0.05) is 12.1 Å². The highest BCUT2D eigenvalue weighted by Gasteiger charge is 2.51. The molecule has 0 aromatic heterocycles. The van der Waals surface area contributed by atoms with Crippen molar-refractivity contribution in [3.63, 3.8) is 0 Å². The van der Waals surface area contributed by atoms with Gasteiger partial charge in [-0.05, 0) is 50.6 Å². The predicted octanol–water partition coefficient (Wildman–Crippen LogP) is 1.53. The summed E-state index contributed by atoms with van der Waals surface area (Å²) in [4.78, 5) is 22.9. The lowest BCUT2D eigenvalue weighted by molar-refractivity contribution is -0.140. The maximum atomic E-state index is 11.6. The first-order valence-electron chi connectivity index (χ1n) is 7.12. The first-order chi connectivity index (χ1) is 10.1. The van der Waals surface area contributed by atoms with Crippen LogP contribution in [0.5, 0.6) is 0 Å². The fraction of sp³-hybridized carbons (Fsp3) is 0.467. The second-order valence-corrected chi connectivity index (χ2v) is 5.30. The van der Waals surface area contributed by atoms with Crippen molar-refractivity contribution < 1.29 is 14.7 Å². The zero-order valence-corrected chi connectivity index (χ0v) is 12.1. The Bertz CT molecular complexity index is 509. The van der Waals surface area contributed by atoms with Crippen LogP contribution in [0.15, 0.2) is 24.3 Å². The first-order valence-corrected chi connectivity index (χ1v) is 7.12. The second-order valence-electron chi connectivity index (χ2n) is 5.30. The average Bonchev–Trinajstić information content (AvgIpc) is 3.26. The number of benzene rings is 1. The van der Waals surface area contributed by atoms with Crippen molar-refractivity contribution in [3.05, 3.63) is 29.8 Å². The number of hydrogen-bond acceptors (Lipinski definition) is 3. The molecule has 1 aliphatic rings. The van der Waals surface area contributed by atoms with Crippen LogP contribution in [0.4, 0.5) is 10.5 Å². The number of aliphatic carboxylic acids is 1. The molecule has 2 rings (SSSR count). The Hall–Kier alpha value is -2.08. The van der Waals surface area contributed by atoms with Gasteiger partial charge in [-0.3, -0.25) is 4.79 Å². The van der Waals surface area contributed by atoms with Crippen molar-refractivity contribution in [1.82, 2.24) is 10.6 Å². The van der Waals surface area contributed by atoms with E-state index in [1.807, 2.05) is 7.05 Å². The lowest BCUT2D eigenvalue weighted by Crippen LogP contribution is -2.30. The molecule has 1 aliphatic carbocycles. The Kier molecular flexibility index (Phi) is 4.80. The highest BCUT2D eigenvalue weighted by Crippen LogP contribution is 2.48. The van der Waals surface area contributed by atoms with Crippen molar-refractivity contribution >= 4 is 17.7 Å². The summed E-state index contributed by atoms with van der Waals surface area (Å²) in [5.74, 6) is -0.773. The molecule has 0 aliphatic heterocycles. The average molecular weight is 291 g/mol. The number of rotatable bonds is 7. The number of carboxylic acids is 1. The van der Waals surface area contributed by atoms with Gasteiger partial charge in [-0.2, -0.15) is 0 Å². The van der Waals surface area contributed by atoms with Crippen LogP contribution in [0.3, 0.4) is 0 Å². The van der Waals surface area contributed by atoms with E-state index in [0.29, 0.717) is 25.1 Å². The second kappa shape index (κ2) is 6.58. The van der Waals surface area contributed by atoms with E-state index in [2.05, 4.69) is 16.0 Å². The van der Waals surface area contributed by atoms with E-state index >= 15 is 0 Å². The molecule has 0 unspecified atom stereocenters. The summed E-state index contributed by atoms with van der Waals surface area (Å²) in [7, 11) is 1.87. The highest BCUT2D eigenvalue weighted by molar-refractivity contribution is 5.89. The van der Waals surface area contributed by atoms with Crippen LogP contribution in [-0.4, -0.2) is 37.2 Å². The number of anilines is 1. The number of nitrogens with one attached hydrogen (secondary N) is 3. The van der Waals surface area contributed by atoms with Crippen molar-refractivity contribution in [2.45, 2.75) is 24.7 Å². The van der Waals surface area contributed by atoms with Crippen molar-refractivity contribution in [1.29, 1.82) is 0 Å². The van der Waals surface area contributed by atoms with Gasteiger partial charge in [0, 0.05) is 12.2 Å². The summed E-state index contributed by atoms with van der Waals surface area (Å²) in [5.41, 5.74) is 0.759. The number of carboxylic acid groups (broad SMARTS) is 1. The van der Waals surface area contributed by atoms with Gasteiger partial charge in [-0.25, -0.2) is 4.79 Å². The summed E-state index contributed by atoms with van der Waals surface area (Å²) in [6.45, 7) is 1.46. The lowest BCUT2D eigenvalue weighted by Gasteiger charge is -2.12. The Morgan fingerprint density at radius 1 is 1.19 bits per heavy atom. The van der Waals surface area contributed by atoms with Gasteiger partial charge in [0.25, 0.3) is 0 Å². The summed E-state index contributed by atoms with van der Waals surface area (Å²) in [6, 6.07) is 6.78. The van der Waals surface area contributed by atoms with Crippen LogP contribution in [0.1, 0.15) is 24.8 Å². The van der Waals surface area contributed by atoms with E-state index < -0.39 is 11.4 Å². The molecule has 1 aromatic carbocycles. The van der Waals surface area contributed by atoms with Gasteiger partial charge >= 0.3 is 12.0 Å². The summed E-state index contributed by atoms with van der Waals surface area (Å²) < 4.78 is 0. The number of carbonyl (C=O) groups is 2. The van der Waals surface area contributed by atoms with E-state index in [9.17, 15) is 14.7 Å². The molecule has 2 amide bonds. The van der Waals surface area contributed by atoms with E-state index in [-0.39, 0.29) is 6.03 Å². The van der Waals surface area contributed by atoms with Crippen LogP contribution in [0, 0.1) is 0 Å². The fourth-order valence-electron chi connectivity index (χ4n) is 2.27. The van der Waals surface area contributed by atoms with Crippen LogP contribution < -0.4 is 16.0 Å². The zero-order valence-electron chi connectivity index (χ0n) is 12.1. The van der Waals surface area contributed by atoms with E-state index in [4.69, 9.17) is 0 Å². The van der Waals surface area contributed by atoms with Gasteiger partial charge in [0.2, 0.25) is 0 Å². The molecule has 4 N–H and O–H groups in total. The molecular weight excluding hydrogens is 270 g/mol. The maximum absolute atomic E-state index is 11.6. The normalized spacial score (nSPS) is 15.3. The molecule has 0 heterocycles. The summed E-state index contributed by atoms with van der Waals surface area (Å²) in [5, 5.41) is 17.7. The summed E-state index contributed by atoms with van der Waals surface area (Å²) >= 11 is 0. The zero-order chi connectivity index (χ0) is 15.3. The Labute approximate surface area is 123 Å². The third kappa shape index (κ3) is 3.72. The largest absolute Gasteiger partial charge is 0.481 e. The Morgan fingerprint density at radius 3 is 2.38 bits per heavy atom. The molecule has 0 atom stereocenters. The van der Waals surface area contributed by atoms with E-state index in [0.717, 1.165) is 18.5 Å². The van der Waals surface area contributed by atoms with E-state index in [1.54, 1.807) is 24.3 Å². The Balaban J connectivity index is 1.85. The number of hydrogen-bond donors (Lipinski definition) is 4. The van der Waals surface area contributed by atoms with Gasteiger partial charge in [-0.15, -0.1) is 0 Å². The maximum Gasteiger partial charge on any atom is 0.319 e. The van der Waals surface area contributed by atoms with Crippen molar-refractivity contribution in [2.24, 2.45) is 0 Å². The third-order valence-electron chi connectivity index (χ3n) is 3.74. The highest BCUT2D eigenvalue weighted by atomic mass is 16.4. The van der Waals surface area contributed by atoms with E-state index in [1.165, 1.54) is 0 Å². The molecule has 1 fully saturated rings. The van der Waals surface area contributed by atoms with Gasteiger partial charge < -0.3 is 21.1 Å². The predicted molar refractivity (Wildman–Crippen MR) is 80.6 cm³/mol.